The lowest BCUT2D eigenvalue weighted by Gasteiger charge is -1.85. The Balaban J connectivity index is 0. The van der Waals surface area contributed by atoms with Crippen molar-refractivity contribution in [1.29, 1.82) is 0 Å². The van der Waals surface area contributed by atoms with Crippen molar-refractivity contribution in [3.8, 4) is 0 Å². The van der Waals surface area contributed by atoms with Gasteiger partial charge in [-0.15, -0.1) is 11.6 Å². The molecule has 0 atom stereocenters. The molecule has 0 spiro atoms. The third kappa shape index (κ3) is 34.5. The molecule has 0 fully saturated rings. The van der Waals surface area contributed by atoms with E-state index in [1.54, 1.807) is 0 Å². The maximum Gasteiger partial charge on any atom is 0.0662 e. The second kappa shape index (κ2) is 10.6. The number of carboxylic acids is 1. The number of carbonyl (C=O) groups excluding carboxylic acids is 1. The van der Waals surface area contributed by atoms with Crippen LogP contribution in [-0.4, -0.2) is 35.3 Å². The van der Waals surface area contributed by atoms with Crippen molar-refractivity contribution >= 4 is 17.6 Å². The quantitative estimate of drug-likeness (QED) is 0.450. The second-order valence-corrected chi connectivity index (χ2v) is 1.22. The molecule has 0 saturated carbocycles. The Morgan fingerprint density at radius 1 is 1.44 bits per heavy atom. The molecule has 0 aromatic heterocycles. The normalized spacial score (nSPS) is 7.44. The molecule has 0 heterocycles. The summed E-state index contributed by atoms with van der Waals surface area (Å²) in [5, 5.41) is 24.4. The molecular weight excluding hydrogens is 147 g/mol. The van der Waals surface area contributed by atoms with Crippen molar-refractivity contribution in [1.82, 2.24) is 0 Å². The molecule has 5 heteroatoms. The van der Waals surface area contributed by atoms with E-state index in [4.69, 9.17) is 20.1 Å². The number of aliphatic hydroxyl groups excluding tert-OH is 2. The molecule has 0 amide bonds. The first-order chi connectivity index (χ1) is 4.18. The van der Waals surface area contributed by atoms with Crippen LogP contribution in [0.15, 0.2) is 0 Å². The molecule has 0 aliphatic carbocycles. The fraction of sp³-hybridized carbons (Fsp3) is 0.750. The molecule has 2 N–H and O–H groups in total. The summed E-state index contributed by atoms with van der Waals surface area (Å²) in [6.07, 6.45) is 0. The van der Waals surface area contributed by atoms with Crippen molar-refractivity contribution < 1.29 is 20.1 Å². The van der Waals surface area contributed by atoms with Gasteiger partial charge >= 0.3 is 0 Å². The van der Waals surface area contributed by atoms with E-state index in [0.29, 0.717) is 0 Å². The number of carbonyl (C=O) groups is 1. The average Bonchev–Trinajstić information content (AvgIpc) is 1.89. The van der Waals surface area contributed by atoms with Crippen LogP contribution in [0.25, 0.3) is 0 Å². The largest absolute Gasteiger partial charge is 0.549 e. The first-order valence-corrected chi connectivity index (χ1v) is 2.70. The van der Waals surface area contributed by atoms with Gasteiger partial charge in [-0.3, -0.25) is 0 Å². The van der Waals surface area contributed by atoms with Crippen LogP contribution in [0.1, 0.15) is 0 Å². The molecule has 9 heavy (non-hydrogen) atoms. The summed E-state index contributed by atoms with van der Waals surface area (Å²) in [7, 11) is 0. The van der Waals surface area contributed by atoms with Crippen molar-refractivity contribution in [2.24, 2.45) is 0 Å². The van der Waals surface area contributed by atoms with Crippen LogP contribution in [0.3, 0.4) is 0 Å². The van der Waals surface area contributed by atoms with Crippen LogP contribution < -0.4 is 5.11 Å². The number of rotatable bonds is 2. The van der Waals surface area contributed by atoms with Crippen molar-refractivity contribution in [3.63, 3.8) is 0 Å². The Bertz CT molecular complexity index is 63.6. The van der Waals surface area contributed by atoms with Gasteiger partial charge in [-0.2, -0.15) is 0 Å². The van der Waals surface area contributed by atoms with Crippen LogP contribution in [0.4, 0.5) is 0 Å². The van der Waals surface area contributed by atoms with E-state index in [1.165, 1.54) is 0 Å². The van der Waals surface area contributed by atoms with Crippen LogP contribution in [-0.2, 0) is 4.79 Å². The minimum Gasteiger partial charge on any atom is -0.549 e. The molecule has 56 valence electrons. The first-order valence-electron chi connectivity index (χ1n) is 2.16. The van der Waals surface area contributed by atoms with E-state index < -0.39 is 11.8 Å². The topological polar surface area (TPSA) is 80.6 Å². The molecule has 0 aromatic carbocycles. The highest BCUT2D eigenvalue weighted by atomic mass is 35.5. The Hall–Kier alpha value is -0.320. The van der Waals surface area contributed by atoms with Crippen LogP contribution >= 0.6 is 11.6 Å². The van der Waals surface area contributed by atoms with E-state index in [0.717, 1.165) is 0 Å². The summed E-state index contributed by atoms with van der Waals surface area (Å²) in [6.45, 7) is -0.250. The predicted molar refractivity (Wildman–Crippen MR) is 29.9 cm³/mol. The van der Waals surface area contributed by atoms with Gasteiger partial charge in [-0.1, -0.05) is 0 Å². The lowest BCUT2D eigenvalue weighted by atomic mass is 10.8. The zero-order valence-corrected chi connectivity index (χ0v) is 5.47. The van der Waals surface area contributed by atoms with E-state index >= 15 is 0 Å². The van der Waals surface area contributed by atoms with E-state index in [2.05, 4.69) is 11.6 Å². The van der Waals surface area contributed by atoms with Gasteiger partial charge in [0.15, 0.2) is 0 Å². The molecule has 0 aromatic rings. The molecule has 0 unspecified atom stereocenters. The third-order valence-electron chi connectivity index (χ3n) is 0.209. The molecule has 0 saturated heterocycles. The fourth-order valence-corrected chi connectivity index (χ4v) is 0. The summed E-state index contributed by atoms with van der Waals surface area (Å²) < 4.78 is 0. The summed E-state index contributed by atoms with van der Waals surface area (Å²) >= 11 is 4.67. The maximum absolute atomic E-state index is 9.12. The lowest BCUT2D eigenvalue weighted by Crippen LogP contribution is -2.23. The Morgan fingerprint density at radius 3 is 1.67 bits per heavy atom. The van der Waals surface area contributed by atoms with Gasteiger partial charge in [0.05, 0.1) is 25.1 Å². The SMILES string of the molecule is O=C([O-])CCl.OCCO. The fourth-order valence-electron chi connectivity index (χ4n) is 0. The van der Waals surface area contributed by atoms with Crippen LogP contribution in [0.2, 0.25) is 0 Å². The van der Waals surface area contributed by atoms with Crippen LogP contribution in [0, 0.1) is 0 Å². The van der Waals surface area contributed by atoms with Crippen molar-refractivity contribution in [3.05, 3.63) is 0 Å². The summed E-state index contributed by atoms with van der Waals surface area (Å²) in [5.41, 5.74) is 0. The van der Waals surface area contributed by atoms with Gasteiger partial charge in [-0.25, -0.2) is 0 Å². The smallest absolute Gasteiger partial charge is 0.0662 e. The minimum absolute atomic E-state index is 0.125. The molecule has 0 aliphatic rings. The van der Waals surface area contributed by atoms with Gasteiger partial charge in [0.25, 0.3) is 0 Å². The zero-order chi connectivity index (χ0) is 7.70. The minimum atomic E-state index is -1.23. The number of aliphatic carboxylic acids is 1. The highest BCUT2D eigenvalue weighted by Crippen LogP contribution is 1.63. The molecule has 4 nitrogen and oxygen atoms in total. The Kier molecular flexibility index (Phi) is 13.5. The summed E-state index contributed by atoms with van der Waals surface area (Å²) in [5.74, 6) is -1.65. The molecular formula is C4H8ClO4-. The number of alkyl halides is 1. The number of aliphatic hydroxyl groups is 2. The first kappa shape index (κ1) is 11.5. The van der Waals surface area contributed by atoms with Crippen molar-refractivity contribution in [2.45, 2.75) is 0 Å². The number of carboxylic acid groups (broad SMARTS) is 1. The third-order valence-corrected chi connectivity index (χ3v) is 0.427. The highest BCUT2D eigenvalue weighted by Gasteiger charge is 1.68. The molecule has 0 rings (SSSR count). The van der Waals surface area contributed by atoms with Crippen molar-refractivity contribution in [2.75, 3.05) is 19.1 Å². The van der Waals surface area contributed by atoms with Gasteiger partial charge in [0, 0.05) is 0 Å². The summed E-state index contributed by atoms with van der Waals surface area (Å²) in [4.78, 5) is 9.12. The van der Waals surface area contributed by atoms with Gasteiger partial charge in [0.1, 0.15) is 0 Å². The summed E-state index contributed by atoms with van der Waals surface area (Å²) in [6, 6.07) is 0. The number of halogens is 1. The monoisotopic (exact) mass is 155 g/mol. The Labute approximate surface area is 57.7 Å². The van der Waals surface area contributed by atoms with E-state index in [9.17, 15) is 0 Å². The lowest BCUT2D eigenvalue weighted by molar-refractivity contribution is -0.301. The van der Waals surface area contributed by atoms with E-state index in [1.807, 2.05) is 0 Å². The number of hydrogen-bond acceptors (Lipinski definition) is 4. The number of hydrogen-bond donors (Lipinski definition) is 2. The molecule has 0 radical (unpaired) electrons. The van der Waals surface area contributed by atoms with Gasteiger partial charge < -0.3 is 20.1 Å². The highest BCUT2D eigenvalue weighted by molar-refractivity contribution is 6.25. The Morgan fingerprint density at radius 2 is 1.67 bits per heavy atom. The maximum atomic E-state index is 9.12. The molecule has 0 bridgehead atoms. The van der Waals surface area contributed by atoms with E-state index in [-0.39, 0.29) is 13.2 Å². The zero-order valence-electron chi connectivity index (χ0n) is 4.71. The van der Waals surface area contributed by atoms with Gasteiger partial charge in [-0.05, 0) is 0 Å². The second-order valence-electron chi connectivity index (χ2n) is 0.953. The van der Waals surface area contributed by atoms with Gasteiger partial charge in [0.2, 0.25) is 0 Å². The standard InChI is InChI=1S/C2H3ClO2.C2H6O2/c3-1-2(4)5;3-1-2-4/h1H2,(H,4,5);3-4H,1-2H2/p-1. The average molecular weight is 156 g/mol. The predicted octanol–water partition coefficient (Wildman–Crippen LogP) is -2.05. The van der Waals surface area contributed by atoms with Crippen LogP contribution in [0.5, 0.6) is 0 Å². The molecule has 0 aliphatic heterocycles.